The number of hydrogen-bond donors (Lipinski definition) is 2. The molecule has 0 fully saturated rings. The van der Waals surface area contributed by atoms with Gasteiger partial charge in [-0.3, -0.25) is 0 Å². The zero-order valence-electron chi connectivity index (χ0n) is 10.3. The van der Waals surface area contributed by atoms with Crippen molar-refractivity contribution in [1.82, 2.24) is 0 Å². The molecule has 0 saturated heterocycles. The molecule has 0 aliphatic carbocycles. The first kappa shape index (κ1) is 13.9. The molecule has 1 rings (SSSR count). The molecule has 0 saturated carbocycles. The molecule has 3 N–H and O–H groups in total. The number of aliphatic hydroxyl groups is 1. The Labute approximate surface area is 101 Å². The van der Waals surface area contributed by atoms with Crippen LogP contribution in [0.15, 0.2) is 18.2 Å². The van der Waals surface area contributed by atoms with E-state index in [1.807, 2.05) is 13.8 Å². The van der Waals surface area contributed by atoms with Gasteiger partial charge in [-0.15, -0.1) is 0 Å². The van der Waals surface area contributed by atoms with Crippen LogP contribution < -0.4 is 10.5 Å². The number of halogens is 1. The van der Waals surface area contributed by atoms with Gasteiger partial charge in [-0.25, -0.2) is 4.39 Å². The van der Waals surface area contributed by atoms with Crippen LogP contribution in [-0.2, 0) is 0 Å². The summed E-state index contributed by atoms with van der Waals surface area (Å²) in [4.78, 5) is 0. The predicted molar refractivity (Wildman–Crippen MR) is 65.7 cm³/mol. The number of ether oxygens (including phenoxy) is 1. The van der Waals surface area contributed by atoms with Crippen LogP contribution in [0.5, 0.6) is 5.75 Å². The lowest BCUT2D eigenvalue weighted by molar-refractivity contribution is 0.164. The molecule has 0 bridgehead atoms. The number of nitrogens with two attached hydrogens (primary N) is 1. The molecule has 1 aromatic carbocycles. The summed E-state index contributed by atoms with van der Waals surface area (Å²) in [6.07, 6.45) is -0.0669. The SMILES string of the molecule is CCOc1ccc(F)cc1C(C)CC(O)CN. The second-order valence-corrected chi connectivity index (χ2v) is 4.14. The van der Waals surface area contributed by atoms with Gasteiger partial charge in [0, 0.05) is 6.54 Å². The summed E-state index contributed by atoms with van der Waals surface area (Å²) in [6.45, 7) is 4.55. The standard InChI is InChI=1S/C13H20FNO2/c1-3-17-13-5-4-10(14)7-12(13)9(2)6-11(16)8-15/h4-5,7,9,11,16H,3,6,8,15H2,1-2H3. The fraction of sp³-hybridized carbons (Fsp3) is 0.538. The smallest absolute Gasteiger partial charge is 0.123 e. The van der Waals surface area contributed by atoms with Crippen LogP contribution >= 0.6 is 0 Å². The molecular weight excluding hydrogens is 221 g/mol. The third kappa shape index (κ3) is 3.98. The summed E-state index contributed by atoms with van der Waals surface area (Å²) in [5.74, 6) is 0.383. The third-order valence-corrected chi connectivity index (χ3v) is 2.70. The fourth-order valence-corrected chi connectivity index (χ4v) is 1.82. The summed E-state index contributed by atoms with van der Waals surface area (Å²) >= 11 is 0. The first-order valence-electron chi connectivity index (χ1n) is 5.88. The number of benzene rings is 1. The second-order valence-electron chi connectivity index (χ2n) is 4.14. The molecular formula is C13H20FNO2. The highest BCUT2D eigenvalue weighted by Crippen LogP contribution is 2.30. The molecule has 0 radical (unpaired) electrons. The highest BCUT2D eigenvalue weighted by Gasteiger charge is 2.16. The molecule has 2 unspecified atom stereocenters. The lowest BCUT2D eigenvalue weighted by Gasteiger charge is -2.18. The molecule has 3 nitrogen and oxygen atoms in total. The molecule has 17 heavy (non-hydrogen) atoms. The van der Waals surface area contributed by atoms with E-state index in [9.17, 15) is 9.50 Å². The van der Waals surface area contributed by atoms with Gasteiger partial charge in [0.25, 0.3) is 0 Å². The highest BCUT2D eigenvalue weighted by atomic mass is 19.1. The first-order valence-corrected chi connectivity index (χ1v) is 5.88. The van der Waals surface area contributed by atoms with E-state index in [4.69, 9.17) is 10.5 Å². The van der Waals surface area contributed by atoms with Gasteiger partial charge in [0.05, 0.1) is 12.7 Å². The Kier molecular flexibility index (Phi) is 5.38. The maximum absolute atomic E-state index is 13.2. The van der Waals surface area contributed by atoms with Crippen molar-refractivity contribution in [3.63, 3.8) is 0 Å². The number of aliphatic hydroxyl groups excluding tert-OH is 1. The second kappa shape index (κ2) is 6.57. The van der Waals surface area contributed by atoms with Gasteiger partial charge in [-0.05, 0) is 43.0 Å². The number of hydrogen-bond acceptors (Lipinski definition) is 3. The van der Waals surface area contributed by atoms with Crippen molar-refractivity contribution in [1.29, 1.82) is 0 Å². The van der Waals surface area contributed by atoms with Crippen LogP contribution in [0.2, 0.25) is 0 Å². The Bertz CT molecular complexity index is 357. The van der Waals surface area contributed by atoms with Crippen LogP contribution in [-0.4, -0.2) is 24.4 Å². The Morgan fingerprint density at radius 2 is 2.18 bits per heavy atom. The van der Waals surface area contributed by atoms with Crippen molar-refractivity contribution in [3.05, 3.63) is 29.6 Å². The van der Waals surface area contributed by atoms with E-state index < -0.39 is 6.10 Å². The van der Waals surface area contributed by atoms with Gasteiger partial charge >= 0.3 is 0 Å². The minimum absolute atomic E-state index is 0.00537. The maximum Gasteiger partial charge on any atom is 0.123 e. The molecule has 0 amide bonds. The minimum atomic E-state index is -0.567. The van der Waals surface area contributed by atoms with E-state index in [0.29, 0.717) is 18.8 Å². The van der Waals surface area contributed by atoms with Crippen molar-refractivity contribution < 1.29 is 14.2 Å². The zero-order chi connectivity index (χ0) is 12.8. The minimum Gasteiger partial charge on any atom is -0.494 e. The van der Waals surface area contributed by atoms with E-state index >= 15 is 0 Å². The van der Waals surface area contributed by atoms with E-state index in [-0.39, 0.29) is 18.3 Å². The predicted octanol–water partition coefficient (Wildman–Crippen LogP) is 2.04. The van der Waals surface area contributed by atoms with Gasteiger partial charge in [0.1, 0.15) is 11.6 Å². The van der Waals surface area contributed by atoms with Gasteiger partial charge < -0.3 is 15.6 Å². The van der Waals surface area contributed by atoms with Crippen molar-refractivity contribution in [2.24, 2.45) is 5.73 Å². The first-order chi connectivity index (χ1) is 8.08. The topological polar surface area (TPSA) is 55.5 Å². The van der Waals surface area contributed by atoms with Crippen LogP contribution in [0.1, 0.15) is 31.7 Å². The van der Waals surface area contributed by atoms with Crippen molar-refractivity contribution in [2.75, 3.05) is 13.2 Å². The lowest BCUT2D eigenvalue weighted by Crippen LogP contribution is -2.21. The molecule has 2 atom stereocenters. The fourth-order valence-electron chi connectivity index (χ4n) is 1.82. The van der Waals surface area contributed by atoms with E-state index in [0.717, 1.165) is 5.56 Å². The molecule has 0 aliphatic rings. The quantitative estimate of drug-likeness (QED) is 0.801. The van der Waals surface area contributed by atoms with E-state index in [1.165, 1.54) is 12.1 Å². The molecule has 0 spiro atoms. The Balaban J connectivity index is 2.89. The summed E-state index contributed by atoms with van der Waals surface area (Å²) in [5.41, 5.74) is 6.15. The van der Waals surface area contributed by atoms with Crippen LogP contribution in [0.25, 0.3) is 0 Å². The summed E-state index contributed by atoms with van der Waals surface area (Å²) in [5, 5.41) is 9.52. The molecule has 1 aromatic rings. The average molecular weight is 241 g/mol. The summed E-state index contributed by atoms with van der Waals surface area (Å²) in [7, 11) is 0. The van der Waals surface area contributed by atoms with Gasteiger partial charge in [-0.2, -0.15) is 0 Å². The Morgan fingerprint density at radius 1 is 1.47 bits per heavy atom. The Hall–Kier alpha value is -1.13. The van der Waals surface area contributed by atoms with Gasteiger partial charge in [0.15, 0.2) is 0 Å². The molecule has 0 aliphatic heterocycles. The van der Waals surface area contributed by atoms with Crippen LogP contribution in [0, 0.1) is 5.82 Å². The lowest BCUT2D eigenvalue weighted by atomic mass is 9.94. The molecule has 96 valence electrons. The maximum atomic E-state index is 13.2. The Morgan fingerprint density at radius 3 is 2.76 bits per heavy atom. The molecule has 0 heterocycles. The van der Waals surface area contributed by atoms with Crippen molar-refractivity contribution >= 4 is 0 Å². The number of rotatable bonds is 6. The van der Waals surface area contributed by atoms with E-state index in [2.05, 4.69) is 0 Å². The highest BCUT2D eigenvalue weighted by molar-refractivity contribution is 5.36. The van der Waals surface area contributed by atoms with Crippen LogP contribution in [0.3, 0.4) is 0 Å². The monoisotopic (exact) mass is 241 g/mol. The van der Waals surface area contributed by atoms with E-state index in [1.54, 1.807) is 6.07 Å². The largest absolute Gasteiger partial charge is 0.494 e. The summed E-state index contributed by atoms with van der Waals surface area (Å²) in [6, 6.07) is 4.46. The molecule has 4 heteroatoms. The van der Waals surface area contributed by atoms with Crippen molar-refractivity contribution in [3.8, 4) is 5.75 Å². The van der Waals surface area contributed by atoms with Gasteiger partial charge in [0.2, 0.25) is 0 Å². The average Bonchev–Trinajstić information content (AvgIpc) is 2.31. The van der Waals surface area contributed by atoms with Crippen molar-refractivity contribution in [2.45, 2.75) is 32.3 Å². The van der Waals surface area contributed by atoms with Gasteiger partial charge in [-0.1, -0.05) is 6.92 Å². The normalized spacial score (nSPS) is 14.4. The van der Waals surface area contributed by atoms with Crippen LogP contribution in [0.4, 0.5) is 4.39 Å². The zero-order valence-corrected chi connectivity index (χ0v) is 10.3. The summed E-state index contributed by atoms with van der Waals surface area (Å²) < 4.78 is 18.7. The third-order valence-electron chi connectivity index (χ3n) is 2.70. The molecule has 0 aromatic heterocycles.